The van der Waals surface area contributed by atoms with Crippen molar-refractivity contribution in [2.75, 3.05) is 5.32 Å². The molecule has 0 heterocycles. The Bertz CT molecular complexity index is 732. The van der Waals surface area contributed by atoms with Crippen LogP contribution in [0.25, 0.3) is 0 Å². The lowest BCUT2D eigenvalue weighted by atomic mass is 10.1. The highest BCUT2D eigenvalue weighted by Gasteiger charge is 2.15. The number of nitro groups is 1. The molecular weight excluding hydrogens is 282 g/mol. The average Bonchev–Trinajstić information content (AvgIpc) is 2.41. The first-order valence-corrected chi connectivity index (χ1v) is 5.90. The van der Waals surface area contributed by atoms with Gasteiger partial charge >= 0.3 is 0 Å². The first kappa shape index (κ1) is 14.6. The standard InChI is InChI=1S/C14H10F2N2O3/c1-8-6-9(2-5-13(8)18(20)21)14(19)17-12-4-3-10(15)7-11(12)16/h2-7H,1H3,(H,17,19). The van der Waals surface area contributed by atoms with Crippen LogP contribution in [0.4, 0.5) is 20.2 Å². The van der Waals surface area contributed by atoms with Gasteiger partial charge in [0.25, 0.3) is 11.6 Å². The summed E-state index contributed by atoms with van der Waals surface area (Å²) in [6.07, 6.45) is 0. The van der Waals surface area contributed by atoms with E-state index < -0.39 is 22.5 Å². The smallest absolute Gasteiger partial charge is 0.272 e. The molecule has 0 saturated heterocycles. The molecule has 0 saturated carbocycles. The lowest BCUT2D eigenvalue weighted by molar-refractivity contribution is -0.385. The summed E-state index contributed by atoms with van der Waals surface area (Å²) in [5.41, 5.74) is 0.172. The summed E-state index contributed by atoms with van der Waals surface area (Å²) in [6.45, 7) is 1.49. The Balaban J connectivity index is 2.24. The highest BCUT2D eigenvalue weighted by Crippen LogP contribution is 2.20. The molecule has 2 aromatic rings. The molecule has 0 bridgehead atoms. The maximum absolute atomic E-state index is 13.4. The number of halogens is 2. The van der Waals surface area contributed by atoms with Crippen LogP contribution in [0.2, 0.25) is 0 Å². The third-order valence-corrected chi connectivity index (χ3v) is 2.84. The van der Waals surface area contributed by atoms with Crippen molar-refractivity contribution in [2.24, 2.45) is 0 Å². The molecule has 7 heteroatoms. The topological polar surface area (TPSA) is 72.2 Å². The summed E-state index contributed by atoms with van der Waals surface area (Å²) in [5.74, 6) is -2.29. The van der Waals surface area contributed by atoms with Crippen LogP contribution >= 0.6 is 0 Å². The van der Waals surface area contributed by atoms with Crippen molar-refractivity contribution in [3.63, 3.8) is 0 Å². The monoisotopic (exact) mass is 292 g/mol. The minimum Gasteiger partial charge on any atom is -0.319 e. The third-order valence-electron chi connectivity index (χ3n) is 2.84. The molecule has 0 aliphatic carbocycles. The Morgan fingerprint density at radius 3 is 2.48 bits per heavy atom. The molecule has 21 heavy (non-hydrogen) atoms. The van der Waals surface area contributed by atoms with Crippen molar-refractivity contribution in [1.29, 1.82) is 0 Å². The van der Waals surface area contributed by atoms with Crippen LogP contribution in [0.1, 0.15) is 15.9 Å². The van der Waals surface area contributed by atoms with E-state index >= 15 is 0 Å². The van der Waals surface area contributed by atoms with E-state index in [1.54, 1.807) is 0 Å². The number of benzene rings is 2. The number of hydrogen-bond donors (Lipinski definition) is 1. The van der Waals surface area contributed by atoms with E-state index in [1.165, 1.54) is 25.1 Å². The van der Waals surface area contributed by atoms with E-state index in [1.807, 2.05) is 0 Å². The van der Waals surface area contributed by atoms with Crippen molar-refractivity contribution >= 4 is 17.3 Å². The Labute approximate surface area is 118 Å². The lowest BCUT2D eigenvalue weighted by Gasteiger charge is -2.07. The second-order valence-corrected chi connectivity index (χ2v) is 4.34. The number of nitrogens with one attached hydrogen (secondary N) is 1. The van der Waals surface area contributed by atoms with Gasteiger partial charge in [0.2, 0.25) is 0 Å². The molecule has 0 aliphatic rings. The fourth-order valence-electron chi connectivity index (χ4n) is 1.79. The van der Waals surface area contributed by atoms with Gasteiger partial charge in [-0.2, -0.15) is 0 Å². The summed E-state index contributed by atoms with van der Waals surface area (Å²) in [4.78, 5) is 22.1. The number of carbonyl (C=O) groups is 1. The first-order chi connectivity index (χ1) is 9.88. The molecule has 108 valence electrons. The van der Waals surface area contributed by atoms with Gasteiger partial charge in [0, 0.05) is 23.3 Å². The van der Waals surface area contributed by atoms with Crippen molar-refractivity contribution < 1.29 is 18.5 Å². The van der Waals surface area contributed by atoms with E-state index in [0.717, 1.165) is 12.1 Å². The minimum absolute atomic E-state index is 0.112. The third kappa shape index (κ3) is 3.19. The Morgan fingerprint density at radius 2 is 1.90 bits per heavy atom. The highest BCUT2D eigenvalue weighted by molar-refractivity contribution is 6.04. The molecule has 1 amide bonds. The van der Waals surface area contributed by atoms with Crippen LogP contribution in [-0.4, -0.2) is 10.8 Å². The van der Waals surface area contributed by atoms with E-state index in [0.29, 0.717) is 11.6 Å². The predicted molar refractivity (Wildman–Crippen MR) is 72.1 cm³/mol. The van der Waals surface area contributed by atoms with Crippen molar-refractivity contribution in [3.8, 4) is 0 Å². The van der Waals surface area contributed by atoms with Crippen molar-refractivity contribution in [1.82, 2.24) is 0 Å². The summed E-state index contributed by atoms with van der Waals surface area (Å²) in [5, 5.41) is 13.0. The van der Waals surface area contributed by atoms with E-state index in [4.69, 9.17) is 0 Å². The minimum atomic E-state index is -0.901. The van der Waals surface area contributed by atoms with Gasteiger partial charge in [0.15, 0.2) is 0 Å². The fourth-order valence-corrected chi connectivity index (χ4v) is 1.79. The fraction of sp³-hybridized carbons (Fsp3) is 0.0714. The van der Waals surface area contributed by atoms with Gasteiger partial charge < -0.3 is 5.32 Å². The Morgan fingerprint density at radius 1 is 1.19 bits per heavy atom. The van der Waals surface area contributed by atoms with Gasteiger partial charge in [-0.15, -0.1) is 0 Å². The molecule has 0 fully saturated rings. The van der Waals surface area contributed by atoms with Gasteiger partial charge in [0.05, 0.1) is 10.6 Å². The molecule has 2 aromatic carbocycles. The van der Waals surface area contributed by atoms with Crippen LogP contribution in [0.5, 0.6) is 0 Å². The van der Waals surface area contributed by atoms with E-state index in [2.05, 4.69) is 5.32 Å². The van der Waals surface area contributed by atoms with Crippen molar-refractivity contribution in [3.05, 3.63) is 69.3 Å². The van der Waals surface area contributed by atoms with Gasteiger partial charge in [-0.1, -0.05) is 0 Å². The van der Waals surface area contributed by atoms with Gasteiger partial charge in [-0.05, 0) is 31.2 Å². The van der Waals surface area contributed by atoms with Crippen LogP contribution in [0, 0.1) is 28.7 Å². The number of amides is 1. The zero-order valence-electron chi connectivity index (χ0n) is 10.9. The summed E-state index contributed by atoms with van der Waals surface area (Å²) >= 11 is 0. The SMILES string of the molecule is Cc1cc(C(=O)Nc2ccc(F)cc2F)ccc1[N+](=O)[O-]. The van der Waals surface area contributed by atoms with E-state index in [-0.39, 0.29) is 16.9 Å². The lowest BCUT2D eigenvalue weighted by Crippen LogP contribution is -2.13. The summed E-state index contributed by atoms with van der Waals surface area (Å²) in [6, 6.07) is 6.55. The van der Waals surface area contributed by atoms with Crippen LogP contribution in [0.3, 0.4) is 0 Å². The van der Waals surface area contributed by atoms with Gasteiger partial charge in [-0.3, -0.25) is 14.9 Å². The number of nitrogens with zero attached hydrogens (tertiary/aromatic N) is 1. The maximum Gasteiger partial charge on any atom is 0.272 e. The molecule has 0 spiro atoms. The number of hydrogen-bond acceptors (Lipinski definition) is 3. The quantitative estimate of drug-likeness (QED) is 0.695. The van der Waals surface area contributed by atoms with E-state index in [9.17, 15) is 23.7 Å². The van der Waals surface area contributed by atoms with Gasteiger partial charge in [-0.25, -0.2) is 8.78 Å². The molecule has 1 N–H and O–H groups in total. The molecule has 0 atom stereocenters. The number of rotatable bonds is 3. The van der Waals surface area contributed by atoms with Gasteiger partial charge in [0.1, 0.15) is 11.6 Å². The molecule has 0 aliphatic heterocycles. The number of anilines is 1. The highest BCUT2D eigenvalue weighted by atomic mass is 19.1. The summed E-state index contributed by atoms with van der Waals surface area (Å²) in [7, 11) is 0. The Hall–Kier alpha value is -2.83. The average molecular weight is 292 g/mol. The molecule has 5 nitrogen and oxygen atoms in total. The second-order valence-electron chi connectivity index (χ2n) is 4.34. The normalized spacial score (nSPS) is 10.2. The molecule has 0 aromatic heterocycles. The zero-order chi connectivity index (χ0) is 15.6. The zero-order valence-corrected chi connectivity index (χ0v) is 10.9. The molecule has 0 unspecified atom stereocenters. The number of carbonyl (C=O) groups excluding carboxylic acids is 1. The van der Waals surface area contributed by atoms with Crippen LogP contribution < -0.4 is 5.32 Å². The maximum atomic E-state index is 13.4. The summed E-state index contributed by atoms with van der Waals surface area (Å²) < 4.78 is 26.2. The first-order valence-electron chi connectivity index (χ1n) is 5.90. The molecule has 2 rings (SSSR count). The molecular formula is C14H10F2N2O3. The Kier molecular flexibility index (Phi) is 3.93. The predicted octanol–water partition coefficient (Wildman–Crippen LogP) is 3.43. The number of nitro benzene ring substituents is 1. The molecule has 0 radical (unpaired) electrons. The number of aryl methyl sites for hydroxylation is 1. The van der Waals surface area contributed by atoms with Crippen LogP contribution in [0.15, 0.2) is 36.4 Å². The second kappa shape index (κ2) is 5.66. The van der Waals surface area contributed by atoms with Crippen LogP contribution in [-0.2, 0) is 0 Å². The largest absolute Gasteiger partial charge is 0.319 e. The van der Waals surface area contributed by atoms with Crippen molar-refractivity contribution in [2.45, 2.75) is 6.92 Å².